The fourth-order valence-corrected chi connectivity index (χ4v) is 4.73. The largest absolute Gasteiger partial charge is 0.507 e. The third-order valence-corrected chi connectivity index (χ3v) is 6.48. The number of pyridine rings is 2. The number of hydrogen-bond donors (Lipinski definition) is 2. The van der Waals surface area contributed by atoms with Gasteiger partial charge in [-0.05, 0) is 49.6 Å². The molecule has 2 N–H and O–H groups in total. The molecule has 2 aliphatic rings. The highest BCUT2D eigenvalue weighted by Crippen LogP contribution is 2.34. The number of hydrogen-bond acceptors (Lipinski definition) is 7. The Hall–Kier alpha value is -3.26. The van der Waals surface area contributed by atoms with Gasteiger partial charge in [0.2, 0.25) is 0 Å². The van der Waals surface area contributed by atoms with Gasteiger partial charge in [-0.25, -0.2) is 19.3 Å². The average Bonchev–Trinajstić information content (AvgIpc) is 3.36. The molecule has 0 bridgehead atoms. The Morgan fingerprint density at radius 3 is 2.69 bits per heavy atom. The number of fused-ring (bicyclic) bond motifs is 2. The number of aromatic nitrogens is 3. The molecule has 1 atom stereocenters. The van der Waals surface area contributed by atoms with E-state index in [2.05, 4.69) is 15.2 Å². The second-order valence-corrected chi connectivity index (χ2v) is 8.84. The van der Waals surface area contributed by atoms with Crippen molar-refractivity contribution < 1.29 is 13.9 Å². The molecular formula is C24H24FN5O2. The van der Waals surface area contributed by atoms with Crippen LogP contribution in [0.15, 0.2) is 40.8 Å². The Bertz CT molecular complexity index is 1320. The summed E-state index contributed by atoms with van der Waals surface area (Å²) in [6.45, 7) is 3.58. The summed E-state index contributed by atoms with van der Waals surface area (Å²) in [5.74, 6) is 1.59. The lowest BCUT2D eigenvalue weighted by Gasteiger charge is -2.33. The number of nitrogens with zero attached hydrogens (tertiary/aromatic N) is 4. The van der Waals surface area contributed by atoms with Crippen molar-refractivity contribution in [1.82, 2.24) is 20.3 Å². The van der Waals surface area contributed by atoms with Crippen LogP contribution in [0.4, 0.5) is 10.2 Å². The van der Waals surface area contributed by atoms with E-state index in [4.69, 9.17) is 14.4 Å². The minimum Gasteiger partial charge on any atom is -0.507 e. The van der Waals surface area contributed by atoms with Crippen LogP contribution >= 0.6 is 0 Å². The second kappa shape index (κ2) is 7.41. The van der Waals surface area contributed by atoms with Crippen LogP contribution in [0.25, 0.3) is 33.4 Å². The van der Waals surface area contributed by atoms with Crippen LogP contribution < -0.4 is 10.2 Å². The molecule has 164 valence electrons. The third kappa shape index (κ3) is 3.44. The predicted octanol–water partition coefficient (Wildman–Crippen LogP) is 4.12. The SMILES string of the molecule is Cc1nc2cc(O)c(-c3ccc4nc(N5CC[C@@H](N[C@H]6C[C@H](F)C6)C5)ccc4n3)cc2o1. The molecule has 32 heavy (non-hydrogen) atoms. The van der Waals surface area contributed by atoms with Gasteiger partial charge >= 0.3 is 0 Å². The monoisotopic (exact) mass is 433 g/mol. The van der Waals surface area contributed by atoms with Crippen molar-refractivity contribution in [3.63, 3.8) is 0 Å². The van der Waals surface area contributed by atoms with Crippen molar-refractivity contribution in [2.75, 3.05) is 18.0 Å². The average molecular weight is 433 g/mol. The molecule has 3 aromatic heterocycles. The van der Waals surface area contributed by atoms with Crippen LogP contribution in [-0.2, 0) is 0 Å². The van der Waals surface area contributed by atoms with Crippen LogP contribution in [0.2, 0.25) is 0 Å². The lowest BCUT2D eigenvalue weighted by Crippen LogP contribution is -2.48. The van der Waals surface area contributed by atoms with Crippen LogP contribution in [-0.4, -0.2) is 51.4 Å². The van der Waals surface area contributed by atoms with Crippen LogP contribution in [0.3, 0.4) is 0 Å². The number of nitrogens with one attached hydrogen (secondary N) is 1. The summed E-state index contributed by atoms with van der Waals surface area (Å²) in [7, 11) is 0. The molecule has 2 fully saturated rings. The molecule has 0 radical (unpaired) electrons. The molecule has 4 aromatic rings. The highest BCUT2D eigenvalue weighted by molar-refractivity contribution is 5.86. The Morgan fingerprint density at radius 2 is 1.84 bits per heavy atom. The number of aryl methyl sites for hydroxylation is 1. The zero-order valence-corrected chi connectivity index (χ0v) is 17.8. The van der Waals surface area contributed by atoms with Crippen LogP contribution in [0, 0.1) is 6.92 Å². The number of oxazole rings is 1. The molecule has 1 aromatic carbocycles. The van der Waals surface area contributed by atoms with E-state index in [1.807, 2.05) is 24.3 Å². The third-order valence-electron chi connectivity index (χ3n) is 6.48. The topological polar surface area (TPSA) is 87.3 Å². The van der Waals surface area contributed by atoms with Crippen molar-refractivity contribution in [3.8, 4) is 17.0 Å². The van der Waals surface area contributed by atoms with Crippen LogP contribution in [0.1, 0.15) is 25.2 Å². The number of aromatic hydroxyl groups is 1. The summed E-state index contributed by atoms with van der Waals surface area (Å²) in [5.41, 5.74) is 4.05. The molecule has 7 nitrogen and oxygen atoms in total. The fraction of sp³-hybridized carbons (Fsp3) is 0.375. The Balaban J connectivity index is 1.24. The smallest absolute Gasteiger partial charge is 0.192 e. The first-order chi connectivity index (χ1) is 15.5. The Kier molecular flexibility index (Phi) is 4.50. The molecule has 4 heterocycles. The summed E-state index contributed by atoms with van der Waals surface area (Å²) in [6.07, 6.45) is 1.68. The standard InChI is InChI=1S/C24H24FN5O2/c1-13-26-21-11-22(31)17(10-23(21)32-13)18-2-3-20-19(28-18)4-5-24(29-20)30-7-6-15(12-30)27-16-8-14(25)9-16/h2-5,10-11,14-16,27,31H,6-9,12H2,1H3/t14-,15-,16-/m1/s1. The number of anilines is 1. The van der Waals surface area contributed by atoms with Gasteiger partial charge in [0.25, 0.3) is 0 Å². The lowest BCUT2D eigenvalue weighted by molar-refractivity contribution is 0.148. The second-order valence-electron chi connectivity index (χ2n) is 8.84. The molecule has 1 aliphatic carbocycles. The zero-order chi connectivity index (χ0) is 21.8. The first-order valence-corrected chi connectivity index (χ1v) is 11.1. The quantitative estimate of drug-likeness (QED) is 0.501. The molecule has 1 saturated heterocycles. The van der Waals surface area contributed by atoms with Gasteiger partial charge in [-0.2, -0.15) is 0 Å². The normalized spacial score (nSPS) is 23.2. The molecule has 1 saturated carbocycles. The summed E-state index contributed by atoms with van der Waals surface area (Å²) in [5, 5.41) is 14.1. The molecular weight excluding hydrogens is 409 g/mol. The van der Waals surface area contributed by atoms with Gasteiger partial charge in [-0.3, -0.25) is 0 Å². The number of phenols is 1. The van der Waals surface area contributed by atoms with E-state index < -0.39 is 6.17 Å². The summed E-state index contributed by atoms with van der Waals surface area (Å²) in [6, 6.07) is 11.8. The van der Waals surface area contributed by atoms with Crippen LogP contribution in [0.5, 0.6) is 5.75 Å². The minimum absolute atomic E-state index is 0.114. The molecule has 6 rings (SSSR count). The minimum atomic E-state index is -0.631. The first kappa shape index (κ1) is 19.4. The van der Waals surface area contributed by atoms with Gasteiger partial charge in [-0.1, -0.05) is 0 Å². The number of alkyl halides is 1. The van der Waals surface area contributed by atoms with E-state index in [0.717, 1.165) is 36.4 Å². The zero-order valence-electron chi connectivity index (χ0n) is 17.8. The molecule has 1 aliphatic heterocycles. The van der Waals surface area contributed by atoms with Crippen molar-refractivity contribution in [3.05, 3.63) is 42.3 Å². The number of phenolic OH excluding ortho intramolecular Hbond substituents is 1. The maximum Gasteiger partial charge on any atom is 0.192 e. The first-order valence-electron chi connectivity index (χ1n) is 11.1. The highest BCUT2D eigenvalue weighted by atomic mass is 19.1. The predicted molar refractivity (Wildman–Crippen MR) is 121 cm³/mol. The Morgan fingerprint density at radius 1 is 1.03 bits per heavy atom. The van der Waals surface area contributed by atoms with Gasteiger partial charge in [-0.15, -0.1) is 0 Å². The van der Waals surface area contributed by atoms with Crippen molar-refractivity contribution >= 4 is 28.0 Å². The van der Waals surface area contributed by atoms with E-state index >= 15 is 0 Å². The van der Waals surface area contributed by atoms with Gasteiger partial charge < -0.3 is 19.7 Å². The molecule has 8 heteroatoms. The maximum absolute atomic E-state index is 13.1. The summed E-state index contributed by atoms with van der Waals surface area (Å²) < 4.78 is 18.7. The molecule has 0 unspecified atom stereocenters. The lowest BCUT2D eigenvalue weighted by atomic mass is 9.90. The summed E-state index contributed by atoms with van der Waals surface area (Å²) >= 11 is 0. The van der Waals surface area contributed by atoms with Gasteiger partial charge in [0.1, 0.15) is 23.3 Å². The molecule has 0 spiro atoms. The summed E-state index contributed by atoms with van der Waals surface area (Å²) in [4.78, 5) is 16.1. The van der Waals surface area contributed by atoms with E-state index in [9.17, 15) is 9.50 Å². The van der Waals surface area contributed by atoms with Crippen molar-refractivity contribution in [1.29, 1.82) is 0 Å². The number of halogens is 1. The highest BCUT2D eigenvalue weighted by Gasteiger charge is 2.33. The fourth-order valence-electron chi connectivity index (χ4n) is 4.73. The molecule has 0 amide bonds. The Labute approximate surface area is 184 Å². The van der Waals surface area contributed by atoms with Gasteiger partial charge in [0, 0.05) is 43.7 Å². The van der Waals surface area contributed by atoms with E-state index in [0.29, 0.717) is 53.2 Å². The maximum atomic E-state index is 13.1. The van der Waals surface area contributed by atoms with Gasteiger partial charge in [0.15, 0.2) is 11.5 Å². The van der Waals surface area contributed by atoms with Crippen molar-refractivity contribution in [2.24, 2.45) is 0 Å². The van der Waals surface area contributed by atoms with E-state index in [1.165, 1.54) is 0 Å². The van der Waals surface area contributed by atoms with E-state index in [1.54, 1.807) is 19.1 Å². The van der Waals surface area contributed by atoms with Crippen molar-refractivity contribution in [2.45, 2.75) is 44.4 Å². The number of rotatable bonds is 4. The van der Waals surface area contributed by atoms with E-state index in [-0.39, 0.29) is 5.75 Å². The number of benzene rings is 1. The van der Waals surface area contributed by atoms with Gasteiger partial charge in [0.05, 0.1) is 16.7 Å².